The number of likely N-dealkylation sites (tertiary alicyclic amines) is 1. The smallest absolute Gasteiger partial charge is 0.0652 e. The van der Waals surface area contributed by atoms with Crippen molar-refractivity contribution >= 4 is 0 Å². The molecule has 0 spiro atoms. The maximum Gasteiger partial charge on any atom is 0.0652 e. The molecule has 1 heterocycles. The zero-order valence-electron chi connectivity index (χ0n) is 10.4. The van der Waals surface area contributed by atoms with Crippen LogP contribution in [0.15, 0.2) is 0 Å². The van der Waals surface area contributed by atoms with Gasteiger partial charge in [0.2, 0.25) is 0 Å². The van der Waals surface area contributed by atoms with Crippen LogP contribution >= 0.6 is 0 Å². The molecule has 3 unspecified atom stereocenters. The standard InChI is InChI=1S/C12H24N2O/c1-12(2)10(7-11(12)15-4)14-6-5-9(8-14)13-3/h9-11,13H,5-8H2,1-4H3. The van der Waals surface area contributed by atoms with Crippen molar-refractivity contribution in [2.24, 2.45) is 5.41 Å². The number of ether oxygens (including phenoxy) is 1. The predicted octanol–water partition coefficient (Wildman–Crippen LogP) is 1.09. The van der Waals surface area contributed by atoms with Gasteiger partial charge in [-0.2, -0.15) is 0 Å². The van der Waals surface area contributed by atoms with Crippen LogP contribution in [0.25, 0.3) is 0 Å². The van der Waals surface area contributed by atoms with E-state index < -0.39 is 0 Å². The van der Waals surface area contributed by atoms with E-state index in [0.29, 0.717) is 17.6 Å². The monoisotopic (exact) mass is 212 g/mol. The molecule has 0 amide bonds. The summed E-state index contributed by atoms with van der Waals surface area (Å²) in [5, 5.41) is 3.38. The number of nitrogens with zero attached hydrogens (tertiary/aromatic N) is 1. The van der Waals surface area contributed by atoms with Gasteiger partial charge in [-0.25, -0.2) is 0 Å². The fraction of sp³-hybridized carbons (Fsp3) is 1.00. The molecule has 15 heavy (non-hydrogen) atoms. The molecule has 3 nitrogen and oxygen atoms in total. The Morgan fingerprint density at radius 2 is 2.13 bits per heavy atom. The van der Waals surface area contributed by atoms with Gasteiger partial charge in [0, 0.05) is 37.7 Å². The normalized spacial score (nSPS) is 40.4. The van der Waals surface area contributed by atoms with Crippen LogP contribution in [0.3, 0.4) is 0 Å². The third-order valence-corrected chi connectivity index (χ3v) is 4.48. The molecule has 0 aromatic rings. The number of hydrogen-bond donors (Lipinski definition) is 1. The first-order valence-electron chi connectivity index (χ1n) is 6.03. The number of likely N-dealkylation sites (N-methyl/N-ethyl adjacent to an activating group) is 1. The van der Waals surface area contributed by atoms with Crippen molar-refractivity contribution in [1.29, 1.82) is 0 Å². The molecule has 0 aromatic heterocycles. The third-order valence-electron chi connectivity index (χ3n) is 4.48. The number of methoxy groups -OCH3 is 1. The average Bonchev–Trinajstić information content (AvgIpc) is 2.65. The van der Waals surface area contributed by atoms with E-state index in [1.807, 2.05) is 7.11 Å². The lowest BCUT2D eigenvalue weighted by atomic mass is 9.64. The Hall–Kier alpha value is -0.120. The minimum Gasteiger partial charge on any atom is -0.381 e. The summed E-state index contributed by atoms with van der Waals surface area (Å²) in [5.74, 6) is 0. The topological polar surface area (TPSA) is 24.5 Å². The van der Waals surface area contributed by atoms with Crippen LogP contribution < -0.4 is 5.32 Å². The number of rotatable bonds is 3. The molecule has 88 valence electrons. The van der Waals surface area contributed by atoms with Gasteiger partial charge in [0.1, 0.15) is 0 Å². The maximum absolute atomic E-state index is 5.50. The summed E-state index contributed by atoms with van der Waals surface area (Å²) in [6, 6.07) is 1.42. The van der Waals surface area contributed by atoms with Crippen LogP contribution in [0.1, 0.15) is 26.7 Å². The molecule has 0 aromatic carbocycles. The van der Waals surface area contributed by atoms with E-state index in [0.717, 1.165) is 6.04 Å². The van der Waals surface area contributed by atoms with Gasteiger partial charge in [0.05, 0.1) is 6.10 Å². The minimum absolute atomic E-state index is 0.331. The molecule has 3 atom stereocenters. The van der Waals surface area contributed by atoms with Crippen molar-refractivity contribution in [2.75, 3.05) is 27.2 Å². The third kappa shape index (κ3) is 1.81. The Morgan fingerprint density at radius 1 is 1.40 bits per heavy atom. The van der Waals surface area contributed by atoms with Gasteiger partial charge >= 0.3 is 0 Å². The van der Waals surface area contributed by atoms with Gasteiger partial charge in [0.25, 0.3) is 0 Å². The van der Waals surface area contributed by atoms with Crippen LogP contribution in [0, 0.1) is 5.41 Å². The fourth-order valence-corrected chi connectivity index (χ4v) is 3.19. The van der Waals surface area contributed by atoms with Crippen molar-refractivity contribution < 1.29 is 4.74 Å². The summed E-state index contributed by atoms with van der Waals surface area (Å²) in [6.07, 6.45) is 2.96. The molecular formula is C12H24N2O. The molecule has 2 fully saturated rings. The minimum atomic E-state index is 0.331. The summed E-state index contributed by atoms with van der Waals surface area (Å²) in [4.78, 5) is 2.64. The Labute approximate surface area is 93.2 Å². The molecule has 1 aliphatic carbocycles. The van der Waals surface area contributed by atoms with Crippen molar-refractivity contribution in [3.8, 4) is 0 Å². The van der Waals surface area contributed by atoms with E-state index in [4.69, 9.17) is 4.74 Å². The molecule has 0 radical (unpaired) electrons. The van der Waals surface area contributed by atoms with Crippen LogP contribution in [-0.2, 0) is 4.74 Å². The Balaban J connectivity index is 1.92. The van der Waals surface area contributed by atoms with Gasteiger partial charge in [0.15, 0.2) is 0 Å². The van der Waals surface area contributed by atoms with Gasteiger partial charge in [-0.05, 0) is 19.9 Å². The second-order valence-electron chi connectivity index (χ2n) is 5.57. The van der Waals surface area contributed by atoms with E-state index in [1.54, 1.807) is 0 Å². The zero-order valence-corrected chi connectivity index (χ0v) is 10.4. The first-order chi connectivity index (χ1) is 7.09. The number of hydrogen-bond acceptors (Lipinski definition) is 3. The summed E-state index contributed by atoms with van der Waals surface area (Å²) < 4.78 is 5.50. The highest BCUT2D eigenvalue weighted by molar-refractivity contribution is 5.05. The van der Waals surface area contributed by atoms with E-state index in [1.165, 1.54) is 25.9 Å². The fourth-order valence-electron chi connectivity index (χ4n) is 3.19. The lowest BCUT2D eigenvalue weighted by Gasteiger charge is -2.54. The molecule has 1 saturated carbocycles. The van der Waals surface area contributed by atoms with E-state index in [2.05, 4.69) is 31.1 Å². The lowest BCUT2D eigenvalue weighted by Crippen LogP contribution is -2.61. The average molecular weight is 212 g/mol. The van der Waals surface area contributed by atoms with Crippen molar-refractivity contribution in [3.63, 3.8) is 0 Å². The molecule has 2 rings (SSSR count). The SMILES string of the molecule is CNC1CCN(C2CC(OC)C2(C)C)C1. The van der Waals surface area contributed by atoms with Crippen LogP contribution in [0.4, 0.5) is 0 Å². The second-order valence-corrected chi connectivity index (χ2v) is 5.57. The molecule has 3 heteroatoms. The highest BCUT2D eigenvalue weighted by atomic mass is 16.5. The van der Waals surface area contributed by atoms with Gasteiger partial charge in [-0.15, -0.1) is 0 Å². The lowest BCUT2D eigenvalue weighted by molar-refractivity contribution is -0.133. The van der Waals surface area contributed by atoms with Gasteiger partial charge in [-0.1, -0.05) is 13.8 Å². The molecule has 1 aliphatic heterocycles. The number of nitrogens with one attached hydrogen (secondary N) is 1. The Kier molecular flexibility index (Phi) is 3.06. The first-order valence-corrected chi connectivity index (χ1v) is 6.03. The molecule has 0 bridgehead atoms. The van der Waals surface area contributed by atoms with Gasteiger partial charge in [-0.3, -0.25) is 4.90 Å². The molecular weight excluding hydrogens is 188 g/mol. The summed E-state index contributed by atoms with van der Waals surface area (Å²) in [5.41, 5.74) is 0.331. The molecule has 2 aliphatic rings. The predicted molar refractivity (Wildman–Crippen MR) is 62.0 cm³/mol. The first kappa shape index (κ1) is 11.4. The Bertz CT molecular complexity index is 230. The quantitative estimate of drug-likeness (QED) is 0.758. The van der Waals surface area contributed by atoms with E-state index in [9.17, 15) is 0 Å². The Morgan fingerprint density at radius 3 is 2.60 bits per heavy atom. The van der Waals surface area contributed by atoms with Crippen molar-refractivity contribution in [1.82, 2.24) is 10.2 Å². The van der Waals surface area contributed by atoms with Crippen LogP contribution in [0.5, 0.6) is 0 Å². The summed E-state index contributed by atoms with van der Waals surface area (Å²) in [7, 11) is 3.90. The molecule has 1 N–H and O–H groups in total. The van der Waals surface area contributed by atoms with Crippen molar-refractivity contribution in [2.45, 2.75) is 44.9 Å². The zero-order chi connectivity index (χ0) is 11.1. The molecule has 1 saturated heterocycles. The van der Waals surface area contributed by atoms with Crippen LogP contribution in [-0.4, -0.2) is 50.3 Å². The van der Waals surface area contributed by atoms with Gasteiger partial charge < -0.3 is 10.1 Å². The van der Waals surface area contributed by atoms with E-state index in [-0.39, 0.29) is 0 Å². The van der Waals surface area contributed by atoms with Crippen LogP contribution in [0.2, 0.25) is 0 Å². The van der Waals surface area contributed by atoms with E-state index >= 15 is 0 Å². The second kappa shape index (κ2) is 4.04. The summed E-state index contributed by atoms with van der Waals surface area (Å²) >= 11 is 0. The largest absolute Gasteiger partial charge is 0.381 e. The highest BCUT2D eigenvalue weighted by Crippen LogP contribution is 2.46. The maximum atomic E-state index is 5.50. The highest BCUT2D eigenvalue weighted by Gasteiger charge is 2.51. The summed E-state index contributed by atoms with van der Waals surface area (Å²) in [6.45, 7) is 7.13. The van der Waals surface area contributed by atoms with Crippen molar-refractivity contribution in [3.05, 3.63) is 0 Å².